The molecule has 2 N–H and O–H groups in total. The molecule has 1 saturated carbocycles. The zero-order valence-electron chi connectivity index (χ0n) is 15.1. The lowest BCUT2D eigenvalue weighted by atomic mass is 10.0. The molecular weight excluding hydrogens is 348 g/mol. The smallest absolute Gasteiger partial charge is 0.1000 e. The van der Waals surface area contributed by atoms with Gasteiger partial charge in [-0.05, 0) is 42.7 Å². The second-order valence-electron chi connectivity index (χ2n) is 7.35. The van der Waals surface area contributed by atoms with Crippen molar-refractivity contribution in [1.82, 2.24) is 29.9 Å². The molecule has 0 amide bonds. The van der Waals surface area contributed by atoms with E-state index in [0.29, 0.717) is 5.92 Å². The van der Waals surface area contributed by atoms with E-state index >= 15 is 0 Å². The number of hydrogen-bond donors (Lipinski definition) is 2. The van der Waals surface area contributed by atoms with E-state index in [-0.39, 0.29) is 0 Å². The molecule has 0 saturated heterocycles. The van der Waals surface area contributed by atoms with Crippen molar-refractivity contribution in [1.29, 1.82) is 0 Å². The first kappa shape index (κ1) is 15.4. The lowest BCUT2D eigenvalue weighted by Crippen LogP contribution is -1.91. The zero-order valence-corrected chi connectivity index (χ0v) is 15.1. The van der Waals surface area contributed by atoms with Crippen LogP contribution in [-0.2, 0) is 0 Å². The fourth-order valence-electron chi connectivity index (χ4n) is 3.71. The van der Waals surface area contributed by atoms with Gasteiger partial charge in [-0.2, -0.15) is 10.2 Å². The van der Waals surface area contributed by atoms with Gasteiger partial charge in [0, 0.05) is 40.5 Å². The number of aromatic amines is 2. The van der Waals surface area contributed by atoms with Crippen LogP contribution >= 0.6 is 0 Å². The summed E-state index contributed by atoms with van der Waals surface area (Å²) in [4.78, 5) is 4.57. The van der Waals surface area contributed by atoms with E-state index in [1.165, 1.54) is 18.5 Å². The summed E-state index contributed by atoms with van der Waals surface area (Å²) in [5.41, 5.74) is 7.52. The highest BCUT2D eigenvalue weighted by molar-refractivity contribution is 5.95. The van der Waals surface area contributed by atoms with Gasteiger partial charge < -0.3 is 4.57 Å². The van der Waals surface area contributed by atoms with E-state index in [1.54, 1.807) is 0 Å². The molecule has 0 unspecified atom stereocenters. The molecule has 0 atom stereocenters. The highest BCUT2D eigenvalue weighted by Gasteiger charge is 2.25. The Labute approximate surface area is 161 Å². The van der Waals surface area contributed by atoms with Gasteiger partial charge in [0.1, 0.15) is 0 Å². The van der Waals surface area contributed by atoms with Gasteiger partial charge in [-0.3, -0.25) is 10.2 Å². The SMILES string of the molecule is c1cc(-c2n[nH]c3ccc(-c4cn[nH]c4)cc23)cc(-n2cnc(C3CC3)c2)c1. The quantitative estimate of drug-likeness (QED) is 0.485. The fraction of sp³-hybridized carbons (Fsp3) is 0.136. The van der Waals surface area contributed by atoms with E-state index in [0.717, 1.165) is 39.0 Å². The van der Waals surface area contributed by atoms with Crippen molar-refractivity contribution in [2.75, 3.05) is 0 Å². The van der Waals surface area contributed by atoms with E-state index in [9.17, 15) is 0 Å². The molecule has 0 spiro atoms. The molecule has 28 heavy (non-hydrogen) atoms. The minimum absolute atomic E-state index is 0.654. The van der Waals surface area contributed by atoms with Gasteiger partial charge in [-0.1, -0.05) is 18.2 Å². The molecule has 3 heterocycles. The highest BCUT2D eigenvalue weighted by Crippen LogP contribution is 2.39. The van der Waals surface area contributed by atoms with Crippen molar-refractivity contribution in [3.8, 4) is 28.1 Å². The number of H-pyrrole nitrogens is 2. The first-order valence-electron chi connectivity index (χ1n) is 9.47. The van der Waals surface area contributed by atoms with Crippen LogP contribution in [0.1, 0.15) is 24.5 Å². The van der Waals surface area contributed by atoms with Crippen LogP contribution in [-0.4, -0.2) is 29.9 Å². The Balaban J connectivity index is 1.43. The maximum absolute atomic E-state index is 4.59. The second-order valence-corrected chi connectivity index (χ2v) is 7.35. The van der Waals surface area contributed by atoms with Crippen LogP contribution in [0.15, 0.2) is 67.4 Å². The number of hydrogen-bond acceptors (Lipinski definition) is 3. The molecule has 1 aliphatic carbocycles. The van der Waals surface area contributed by atoms with Gasteiger partial charge in [0.25, 0.3) is 0 Å². The van der Waals surface area contributed by atoms with Crippen LogP contribution < -0.4 is 0 Å². The second kappa shape index (κ2) is 5.92. The minimum Gasteiger partial charge on any atom is -0.306 e. The fourth-order valence-corrected chi connectivity index (χ4v) is 3.71. The lowest BCUT2D eigenvalue weighted by molar-refractivity contribution is 1.05. The molecule has 3 aromatic heterocycles. The van der Waals surface area contributed by atoms with Crippen LogP contribution in [0.25, 0.3) is 39.0 Å². The number of aromatic nitrogens is 6. The summed E-state index contributed by atoms with van der Waals surface area (Å²) in [5, 5.41) is 15.8. The molecule has 0 aliphatic heterocycles. The van der Waals surface area contributed by atoms with E-state index in [2.05, 4.69) is 78.6 Å². The number of nitrogens with one attached hydrogen (secondary N) is 2. The average Bonchev–Trinajstić information content (AvgIpc) is 3.17. The monoisotopic (exact) mass is 366 g/mol. The van der Waals surface area contributed by atoms with Crippen LogP contribution in [0, 0.1) is 0 Å². The Kier molecular flexibility index (Phi) is 3.25. The molecule has 0 bridgehead atoms. The molecule has 136 valence electrons. The minimum atomic E-state index is 0.654. The van der Waals surface area contributed by atoms with Gasteiger partial charge in [-0.15, -0.1) is 0 Å². The number of fused-ring (bicyclic) bond motifs is 1. The molecule has 5 aromatic rings. The number of benzene rings is 2. The van der Waals surface area contributed by atoms with Crippen LogP contribution in [0.4, 0.5) is 0 Å². The standard InChI is InChI=1S/C22H18N6/c1-2-16(8-18(3-1)28-12-21(23-13-28)14-4-5-14)22-19-9-15(17-10-24-25-11-17)6-7-20(19)26-27-22/h1-3,6-14H,4-5H2,(H,24,25)(H,26,27). The van der Waals surface area contributed by atoms with Crippen molar-refractivity contribution in [2.45, 2.75) is 18.8 Å². The Morgan fingerprint density at radius 1 is 1.00 bits per heavy atom. The van der Waals surface area contributed by atoms with Crippen LogP contribution in [0.5, 0.6) is 0 Å². The largest absolute Gasteiger partial charge is 0.306 e. The summed E-state index contributed by atoms with van der Waals surface area (Å²) < 4.78 is 2.10. The van der Waals surface area contributed by atoms with E-state index in [1.807, 2.05) is 18.7 Å². The number of nitrogens with zero attached hydrogens (tertiary/aromatic N) is 4. The third kappa shape index (κ3) is 2.53. The molecule has 1 fully saturated rings. The molecule has 6 heteroatoms. The predicted octanol–water partition coefficient (Wildman–Crippen LogP) is 4.68. The molecule has 1 aliphatic rings. The highest BCUT2D eigenvalue weighted by atomic mass is 15.1. The first-order valence-corrected chi connectivity index (χ1v) is 9.47. The zero-order chi connectivity index (χ0) is 18.5. The average molecular weight is 366 g/mol. The summed E-state index contributed by atoms with van der Waals surface area (Å²) in [5.74, 6) is 0.654. The van der Waals surface area contributed by atoms with Crippen molar-refractivity contribution in [3.63, 3.8) is 0 Å². The third-order valence-electron chi connectivity index (χ3n) is 5.41. The number of rotatable bonds is 4. The molecule has 2 aromatic carbocycles. The van der Waals surface area contributed by atoms with Gasteiger partial charge >= 0.3 is 0 Å². The summed E-state index contributed by atoms with van der Waals surface area (Å²) in [7, 11) is 0. The maximum atomic E-state index is 4.59. The van der Waals surface area contributed by atoms with Gasteiger partial charge in [-0.25, -0.2) is 4.98 Å². The summed E-state index contributed by atoms with van der Waals surface area (Å²) in [6.07, 6.45) is 10.3. The first-order chi connectivity index (χ1) is 13.8. The summed E-state index contributed by atoms with van der Waals surface area (Å²) in [6.45, 7) is 0. The van der Waals surface area contributed by atoms with E-state index in [4.69, 9.17) is 0 Å². The van der Waals surface area contributed by atoms with Crippen LogP contribution in [0.2, 0.25) is 0 Å². The third-order valence-corrected chi connectivity index (χ3v) is 5.41. The normalized spacial score (nSPS) is 14.0. The summed E-state index contributed by atoms with van der Waals surface area (Å²) >= 11 is 0. The van der Waals surface area contributed by atoms with Crippen molar-refractivity contribution >= 4 is 10.9 Å². The molecule has 6 nitrogen and oxygen atoms in total. The number of imidazole rings is 1. The van der Waals surface area contributed by atoms with E-state index < -0.39 is 0 Å². The van der Waals surface area contributed by atoms with Crippen LogP contribution in [0.3, 0.4) is 0 Å². The predicted molar refractivity (Wildman–Crippen MR) is 108 cm³/mol. The van der Waals surface area contributed by atoms with Crippen molar-refractivity contribution < 1.29 is 0 Å². The van der Waals surface area contributed by atoms with Crippen molar-refractivity contribution in [3.05, 3.63) is 73.1 Å². The lowest BCUT2D eigenvalue weighted by Gasteiger charge is -2.05. The Bertz CT molecular complexity index is 1270. The summed E-state index contributed by atoms with van der Waals surface area (Å²) in [6, 6.07) is 14.7. The maximum Gasteiger partial charge on any atom is 0.1000 e. The van der Waals surface area contributed by atoms with Crippen molar-refractivity contribution in [2.24, 2.45) is 0 Å². The molecule has 0 radical (unpaired) electrons. The van der Waals surface area contributed by atoms with Gasteiger partial charge in [0.05, 0.1) is 29.4 Å². The molecule has 6 rings (SSSR count). The topological polar surface area (TPSA) is 75.2 Å². The Hall–Kier alpha value is -3.67. The molecular formula is C22H18N6. The Morgan fingerprint density at radius 3 is 2.82 bits per heavy atom. The van der Waals surface area contributed by atoms with Gasteiger partial charge in [0.15, 0.2) is 0 Å². The van der Waals surface area contributed by atoms with Gasteiger partial charge in [0.2, 0.25) is 0 Å². The Morgan fingerprint density at radius 2 is 1.96 bits per heavy atom.